The number of carbonyl (C=O) groups is 1. The second kappa shape index (κ2) is 7.12. The zero-order valence-corrected chi connectivity index (χ0v) is 13.3. The van der Waals surface area contributed by atoms with E-state index in [-0.39, 0.29) is 0 Å². The summed E-state index contributed by atoms with van der Waals surface area (Å²) in [5, 5.41) is 28.8. The molecule has 0 spiro atoms. The van der Waals surface area contributed by atoms with Gasteiger partial charge in [-0.3, -0.25) is 9.69 Å². The molecule has 0 aliphatic carbocycles. The van der Waals surface area contributed by atoms with Crippen LogP contribution in [0.3, 0.4) is 0 Å². The molecule has 2 rings (SSSR count). The van der Waals surface area contributed by atoms with E-state index in [1.165, 1.54) is 17.6 Å². The van der Waals surface area contributed by atoms with Crippen LogP contribution in [0.1, 0.15) is 18.7 Å². The summed E-state index contributed by atoms with van der Waals surface area (Å²) < 4.78 is 1.28. The first-order chi connectivity index (χ1) is 10.8. The Morgan fingerprint density at radius 2 is 1.91 bits per heavy atom. The topological polar surface area (TPSA) is 106 Å². The molecular formula is C15H23N3O5. The number of piperazine rings is 1. The number of carboxylic acid groups (broad SMARTS) is 1. The Kier molecular flexibility index (Phi) is 5.40. The molecule has 128 valence electrons. The van der Waals surface area contributed by atoms with Crippen molar-refractivity contribution in [2.45, 2.75) is 25.6 Å². The van der Waals surface area contributed by atoms with Crippen LogP contribution in [-0.2, 0) is 11.3 Å². The van der Waals surface area contributed by atoms with E-state index in [4.69, 9.17) is 0 Å². The molecule has 23 heavy (non-hydrogen) atoms. The molecule has 2 atom stereocenters. The highest BCUT2D eigenvalue weighted by Crippen LogP contribution is 2.19. The normalized spacial score (nSPS) is 19.4. The number of aliphatic hydroxyl groups is 1. The number of likely N-dealkylation sites (N-methyl/N-ethyl adjacent to an activating group) is 1. The number of aromatic hydroxyl groups is 1. The van der Waals surface area contributed by atoms with Gasteiger partial charge in [0.1, 0.15) is 0 Å². The van der Waals surface area contributed by atoms with E-state index in [0.29, 0.717) is 12.2 Å². The lowest BCUT2D eigenvalue weighted by molar-refractivity contribution is -0.144. The second-order valence-electron chi connectivity index (χ2n) is 6.02. The summed E-state index contributed by atoms with van der Waals surface area (Å²) >= 11 is 0. The molecule has 0 radical (unpaired) electrons. The van der Waals surface area contributed by atoms with E-state index in [2.05, 4.69) is 9.80 Å². The molecule has 0 aromatic carbocycles. The van der Waals surface area contributed by atoms with Gasteiger partial charge in [-0.2, -0.15) is 0 Å². The highest BCUT2D eigenvalue weighted by atomic mass is 16.4. The van der Waals surface area contributed by atoms with Gasteiger partial charge in [-0.15, -0.1) is 0 Å². The molecule has 8 nitrogen and oxygen atoms in total. The maximum atomic E-state index is 11.7. The van der Waals surface area contributed by atoms with E-state index in [1.54, 1.807) is 0 Å². The van der Waals surface area contributed by atoms with Gasteiger partial charge in [0.2, 0.25) is 5.43 Å². The third-order valence-corrected chi connectivity index (χ3v) is 4.13. The Morgan fingerprint density at radius 1 is 1.30 bits per heavy atom. The number of aliphatic hydroxyl groups excluding tert-OH is 1. The predicted molar refractivity (Wildman–Crippen MR) is 83.5 cm³/mol. The maximum Gasteiger partial charge on any atom is 0.329 e. The molecule has 2 heterocycles. The van der Waals surface area contributed by atoms with Crippen LogP contribution in [0.4, 0.5) is 0 Å². The molecule has 0 amide bonds. The standard InChI is InChI=1S/C15H23N3O5/c1-10(19)14(15(22)23)18-9-13(21)12(20)7-11(18)8-17-5-3-16(2)4-6-17/h7,9-10,14,19,21H,3-6,8H2,1-2H3,(H,22,23). The molecule has 0 bridgehead atoms. The van der Waals surface area contributed by atoms with Crippen LogP contribution in [0.5, 0.6) is 5.75 Å². The summed E-state index contributed by atoms with van der Waals surface area (Å²) in [4.78, 5) is 27.5. The maximum absolute atomic E-state index is 11.7. The third-order valence-electron chi connectivity index (χ3n) is 4.13. The van der Waals surface area contributed by atoms with Gasteiger partial charge in [0, 0.05) is 44.5 Å². The zero-order chi connectivity index (χ0) is 17.1. The van der Waals surface area contributed by atoms with Crippen molar-refractivity contribution in [3.05, 3.63) is 28.2 Å². The fourth-order valence-corrected chi connectivity index (χ4v) is 2.76. The first-order valence-electron chi connectivity index (χ1n) is 7.55. The van der Waals surface area contributed by atoms with E-state index in [0.717, 1.165) is 32.4 Å². The molecule has 1 aliphatic rings. The van der Waals surface area contributed by atoms with Gasteiger partial charge in [-0.05, 0) is 14.0 Å². The summed E-state index contributed by atoms with van der Waals surface area (Å²) in [7, 11) is 2.03. The Morgan fingerprint density at radius 3 is 2.43 bits per heavy atom. The first kappa shape index (κ1) is 17.5. The highest BCUT2D eigenvalue weighted by molar-refractivity contribution is 5.72. The Bertz CT molecular complexity index is 620. The smallest absolute Gasteiger partial charge is 0.329 e. The Labute approximate surface area is 134 Å². The minimum Gasteiger partial charge on any atom is -0.503 e. The molecule has 1 aromatic rings. The van der Waals surface area contributed by atoms with Gasteiger partial charge in [0.05, 0.1) is 12.3 Å². The minimum absolute atomic E-state index is 0.389. The molecule has 1 aliphatic heterocycles. The van der Waals surface area contributed by atoms with Crippen molar-refractivity contribution in [1.29, 1.82) is 0 Å². The van der Waals surface area contributed by atoms with E-state index in [1.807, 2.05) is 7.05 Å². The minimum atomic E-state index is -1.26. The average Bonchev–Trinajstić information content (AvgIpc) is 2.45. The van der Waals surface area contributed by atoms with Gasteiger partial charge in [0.25, 0.3) is 0 Å². The van der Waals surface area contributed by atoms with Gasteiger partial charge in [-0.25, -0.2) is 4.79 Å². The number of rotatable bonds is 5. The zero-order valence-electron chi connectivity index (χ0n) is 13.3. The van der Waals surface area contributed by atoms with Crippen LogP contribution >= 0.6 is 0 Å². The van der Waals surface area contributed by atoms with Crippen LogP contribution in [0, 0.1) is 0 Å². The molecule has 3 N–H and O–H groups in total. The van der Waals surface area contributed by atoms with Crippen molar-refractivity contribution in [3.8, 4) is 5.75 Å². The van der Waals surface area contributed by atoms with Crippen LogP contribution < -0.4 is 5.43 Å². The van der Waals surface area contributed by atoms with Crippen LogP contribution in [0.2, 0.25) is 0 Å². The number of nitrogens with zero attached hydrogens (tertiary/aromatic N) is 3. The van der Waals surface area contributed by atoms with E-state index in [9.17, 15) is 24.9 Å². The number of hydrogen-bond acceptors (Lipinski definition) is 6. The van der Waals surface area contributed by atoms with Gasteiger partial charge < -0.3 is 24.8 Å². The van der Waals surface area contributed by atoms with Gasteiger partial charge >= 0.3 is 5.97 Å². The van der Waals surface area contributed by atoms with Crippen LogP contribution in [0.25, 0.3) is 0 Å². The fourth-order valence-electron chi connectivity index (χ4n) is 2.76. The van der Waals surface area contributed by atoms with Crippen LogP contribution in [0.15, 0.2) is 17.1 Å². The predicted octanol–water partition coefficient (Wildman–Crippen LogP) is -0.692. The number of aromatic nitrogens is 1. The van der Waals surface area contributed by atoms with Gasteiger partial charge in [0.15, 0.2) is 11.8 Å². The molecule has 8 heteroatoms. The molecule has 2 unspecified atom stereocenters. The second-order valence-corrected chi connectivity index (χ2v) is 6.02. The molecular weight excluding hydrogens is 302 g/mol. The van der Waals surface area contributed by atoms with E-state index >= 15 is 0 Å². The summed E-state index contributed by atoms with van der Waals surface area (Å²) in [6, 6.07) is -0.0182. The third kappa shape index (κ3) is 4.10. The van der Waals surface area contributed by atoms with Crippen molar-refractivity contribution in [2.24, 2.45) is 0 Å². The van der Waals surface area contributed by atoms with Crippen molar-refractivity contribution in [1.82, 2.24) is 14.4 Å². The Hall–Kier alpha value is -1.90. The monoisotopic (exact) mass is 325 g/mol. The highest BCUT2D eigenvalue weighted by Gasteiger charge is 2.28. The average molecular weight is 325 g/mol. The van der Waals surface area contributed by atoms with Crippen LogP contribution in [-0.4, -0.2) is 75.0 Å². The summed E-state index contributed by atoms with van der Waals surface area (Å²) in [6.07, 6.45) is -0.0696. The van der Waals surface area contributed by atoms with Gasteiger partial charge in [-0.1, -0.05) is 0 Å². The number of carboxylic acids is 1. The molecule has 0 saturated carbocycles. The summed E-state index contributed by atoms with van der Waals surface area (Å²) in [5.74, 6) is -1.75. The SMILES string of the molecule is CC(O)C(C(=O)O)n1cc(O)c(=O)cc1CN1CCN(C)CC1. The van der Waals surface area contributed by atoms with Crippen molar-refractivity contribution in [3.63, 3.8) is 0 Å². The number of hydrogen-bond donors (Lipinski definition) is 3. The number of pyridine rings is 1. The van der Waals surface area contributed by atoms with E-state index < -0.39 is 29.3 Å². The lowest BCUT2D eigenvalue weighted by Crippen LogP contribution is -2.44. The Balaban J connectivity index is 2.35. The summed E-state index contributed by atoms with van der Waals surface area (Å²) in [5.41, 5.74) is -0.0919. The first-order valence-corrected chi connectivity index (χ1v) is 7.55. The largest absolute Gasteiger partial charge is 0.503 e. The lowest BCUT2D eigenvalue weighted by atomic mass is 10.1. The number of aliphatic carboxylic acids is 1. The molecule has 1 fully saturated rings. The molecule has 1 aromatic heterocycles. The quantitative estimate of drug-likeness (QED) is 0.658. The fraction of sp³-hybridized carbons (Fsp3) is 0.600. The summed E-state index contributed by atoms with van der Waals surface area (Å²) in [6.45, 7) is 5.14. The van der Waals surface area contributed by atoms with Crippen molar-refractivity contribution in [2.75, 3.05) is 33.2 Å². The van der Waals surface area contributed by atoms with Crippen molar-refractivity contribution < 1.29 is 20.1 Å². The molecule has 1 saturated heterocycles. The van der Waals surface area contributed by atoms with Crippen molar-refractivity contribution >= 4 is 5.97 Å². The lowest BCUT2D eigenvalue weighted by Gasteiger charge is -2.33.